The van der Waals surface area contributed by atoms with Crippen LogP contribution in [-0.2, 0) is 0 Å². The molecule has 2 aromatic carbocycles. The van der Waals surface area contributed by atoms with Crippen LogP contribution >= 0.6 is 12.4 Å². The highest BCUT2D eigenvalue weighted by Crippen LogP contribution is 2.18. The molecule has 29 heavy (non-hydrogen) atoms. The number of halogens is 2. The number of aryl methyl sites for hydroxylation is 2. The maximum Gasteiger partial charge on any atom is 0.123 e. The molecule has 3 rings (SSSR count). The Hall–Kier alpha value is -1.86. The van der Waals surface area contributed by atoms with Crippen molar-refractivity contribution in [2.24, 2.45) is 0 Å². The van der Waals surface area contributed by atoms with Crippen LogP contribution in [0.25, 0.3) is 0 Å². The van der Waals surface area contributed by atoms with Gasteiger partial charge in [0.2, 0.25) is 0 Å². The van der Waals surface area contributed by atoms with Crippen molar-refractivity contribution in [3.8, 4) is 5.75 Å². The van der Waals surface area contributed by atoms with Gasteiger partial charge < -0.3 is 20.2 Å². The Morgan fingerprint density at radius 2 is 1.59 bits per heavy atom. The molecule has 1 unspecified atom stereocenters. The smallest absolute Gasteiger partial charge is 0.123 e. The van der Waals surface area contributed by atoms with Gasteiger partial charge in [-0.3, -0.25) is 4.90 Å². The number of piperazine rings is 1. The second-order valence-electron chi connectivity index (χ2n) is 7.38. The van der Waals surface area contributed by atoms with E-state index in [1.165, 1.54) is 23.3 Å². The van der Waals surface area contributed by atoms with Crippen molar-refractivity contribution in [2.75, 3.05) is 44.2 Å². The molecule has 1 saturated heterocycles. The van der Waals surface area contributed by atoms with E-state index in [0.717, 1.165) is 44.2 Å². The molecule has 1 aliphatic rings. The fourth-order valence-electron chi connectivity index (χ4n) is 3.51. The first-order valence-electron chi connectivity index (χ1n) is 9.61. The second kappa shape index (κ2) is 12.0. The van der Waals surface area contributed by atoms with Gasteiger partial charge in [0.1, 0.15) is 18.2 Å². The molecule has 0 radical (unpaired) electrons. The van der Waals surface area contributed by atoms with Gasteiger partial charge in [0, 0.05) is 38.4 Å². The molecular weight excluding hydrogens is 395 g/mol. The van der Waals surface area contributed by atoms with Gasteiger partial charge in [0.05, 0.1) is 6.10 Å². The van der Waals surface area contributed by atoms with Crippen LogP contribution in [0, 0.1) is 19.7 Å². The molecule has 7 heteroatoms. The van der Waals surface area contributed by atoms with E-state index in [1.807, 2.05) is 38.1 Å². The van der Waals surface area contributed by atoms with E-state index < -0.39 is 6.10 Å². The van der Waals surface area contributed by atoms with Crippen molar-refractivity contribution < 1.29 is 19.7 Å². The first-order valence-corrected chi connectivity index (χ1v) is 9.61. The zero-order chi connectivity index (χ0) is 19.2. The van der Waals surface area contributed by atoms with Crippen molar-refractivity contribution in [3.05, 3.63) is 59.4 Å². The fraction of sp³-hybridized carbons (Fsp3) is 0.455. The van der Waals surface area contributed by atoms with Gasteiger partial charge in [-0.2, -0.15) is 0 Å². The topological polar surface area (TPSA) is 67.4 Å². The van der Waals surface area contributed by atoms with E-state index in [-0.39, 0.29) is 23.7 Å². The molecule has 1 aliphatic heterocycles. The minimum absolute atomic E-state index is 0. The Morgan fingerprint density at radius 1 is 1.00 bits per heavy atom. The van der Waals surface area contributed by atoms with Crippen LogP contribution in [-0.4, -0.2) is 60.9 Å². The third-order valence-electron chi connectivity index (χ3n) is 4.98. The summed E-state index contributed by atoms with van der Waals surface area (Å²) < 4.78 is 18.8. The summed E-state index contributed by atoms with van der Waals surface area (Å²) in [7, 11) is 0. The molecule has 5 nitrogen and oxygen atoms in total. The lowest BCUT2D eigenvalue weighted by atomic mass is 10.1. The van der Waals surface area contributed by atoms with Crippen molar-refractivity contribution in [3.63, 3.8) is 0 Å². The summed E-state index contributed by atoms with van der Waals surface area (Å²) >= 11 is 0. The van der Waals surface area contributed by atoms with Crippen molar-refractivity contribution in [2.45, 2.75) is 26.4 Å². The summed E-state index contributed by atoms with van der Waals surface area (Å²) in [5.74, 6) is 0.619. The van der Waals surface area contributed by atoms with Crippen molar-refractivity contribution in [1.29, 1.82) is 0 Å². The van der Waals surface area contributed by atoms with Crippen LogP contribution in [0.5, 0.6) is 5.75 Å². The molecule has 2 aromatic rings. The molecule has 0 amide bonds. The van der Waals surface area contributed by atoms with Gasteiger partial charge in [-0.05, 0) is 67.8 Å². The second-order valence-corrected chi connectivity index (χ2v) is 7.38. The quantitative estimate of drug-likeness (QED) is 0.739. The van der Waals surface area contributed by atoms with E-state index >= 15 is 0 Å². The summed E-state index contributed by atoms with van der Waals surface area (Å²) in [6.07, 6.45) is 0.224. The minimum atomic E-state index is -0.471. The number of rotatable bonds is 7. The standard InChI is InChI=1S/C22H29FN2O2.ClH.H2O/c1-17-13-18(2)15-22(14-17)27-16-21(26)7-8-24-9-11-25(12-10-24)20-5-3-19(23)4-6-20;;/h3-6,13-15,21,26H,7-12,16H2,1-2H3;1H;1H2. The number of aliphatic hydroxyl groups is 1. The van der Waals surface area contributed by atoms with Gasteiger partial charge in [0.25, 0.3) is 0 Å². The summed E-state index contributed by atoms with van der Waals surface area (Å²) in [6.45, 7) is 8.99. The highest BCUT2D eigenvalue weighted by atomic mass is 35.5. The van der Waals surface area contributed by atoms with Gasteiger partial charge in [-0.25, -0.2) is 4.39 Å². The first kappa shape index (κ1) is 25.2. The number of nitrogens with zero attached hydrogens (tertiary/aromatic N) is 2. The molecule has 0 spiro atoms. The van der Waals surface area contributed by atoms with Gasteiger partial charge >= 0.3 is 0 Å². The Morgan fingerprint density at radius 3 is 2.17 bits per heavy atom. The largest absolute Gasteiger partial charge is 0.491 e. The number of anilines is 1. The van der Waals surface area contributed by atoms with Crippen molar-refractivity contribution >= 4 is 18.1 Å². The van der Waals surface area contributed by atoms with Crippen LogP contribution in [0.2, 0.25) is 0 Å². The predicted molar refractivity (Wildman–Crippen MR) is 118 cm³/mol. The Bertz CT molecular complexity index is 717. The van der Waals surface area contributed by atoms with Crippen LogP contribution in [0.15, 0.2) is 42.5 Å². The third kappa shape index (κ3) is 7.82. The lowest BCUT2D eigenvalue weighted by Gasteiger charge is -2.36. The lowest BCUT2D eigenvalue weighted by Crippen LogP contribution is -2.47. The monoisotopic (exact) mass is 426 g/mol. The number of hydrogen-bond acceptors (Lipinski definition) is 4. The van der Waals surface area contributed by atoms with E-state index in [0.29, 0.717) is 13.0 Å². The van der Waals surface area contributed by atoms with E-state index in [9.17, 15) is 9.50 Å². The lowest BCUT2D eigenvalue weighted by molar-refractivity contribution is 0.0866. The molecule has 3 N–H and O–H groups in total. The Kier molecular flexibility index (Phi) is 10.4. The SMILES string of the molecule is Cc1cc(C)cc(OCC(O)CCN2CCN(c3ccc(F)cc3)CC2)c1.Cl.O. The third-order valence-corrected chi connectivity index (χ3v) is 4.98. The van der Waals surface area contributed by atoms with Crippen LogP contribution in [0.4, 0.5) is 10.1 Å². The molecule has 1 atom stereocenters. The van der Waals surface area contributed by atoms with Gasteiger partial charge in [-0.15, -0.1) is 12.4 Å². The molecule has 0 aromatic heterocycles. The molecule has 1 fully saturated rings. The van der Waals surface area contributed by atoms with E-state index in [4.69, 9.17) is 4.74 Å². The molecule has 0 bridgehead atoms. The van der Waals surface area contributed by atoms with Gasteiger partial charge in [0.15, 0.2) is 0 Å². The molecule has 0 aliphatic carbocycles. The molecule has 162 valence electrons. The summed E-state index contributed by atoms with van der Waals surface area (Å²) in [5, 5.41) is 10.2. The van der Waals surface area contributed by atoms with E-state index in [1.54, 1.807) is 0 Å². The molecular formula is C22H32ClFN2O3. The molecule has 1 heterocycles. The summed E-state index contributed by atoms with van der Waals surface area (Å²) in [6, 6.07) is 12.8. The average molecular weight is 427 g/mol. The van der Waals surface area contributed by atoms with Crippen LogP contribution in [0.1, 0.15) is 17.5 Å². The zero-order valence-corrected chi connectivity index (χ0v) is 17.9. The number of hydrogen-bond donors (Lipinski definition) is 1. The summed E-state index contributed by atoms with van der Waals surface area (Å²) in [4.78, 5) is 4.63. The van der Waals surface area contributed by atoms with Gasteiger partial charge in [-0.1, -0.05) is 6.07 Å². The minimum Gasteiger partial charge on any atom is -0.491 e. The van der Waals surface area contributed by atoms with E-state index in [2.05, 4.69) is 15.9 Å². The number of ether oxygens (including phenoxy) is 1. The maximum atomic E-state index is 13.0. The normalized spacial score (nSPS) is 15.2. The Balaban J connectivity index is 0.00000210. The number of benzene rings is 2. The fourth-order valence-corrected chi connectivity index (χ4v) is 3.51. The highest BCUT2D eigenvalue weighted by molar-refractivity contribution is 5.85. The summed E-state index contributed by atoms with van der Waals surface area (Å²) in [5.41, 5.74) is 3.40. The maximum absolute atomic E-state index is 13.0. The average Bonchev–Trinajstić information content (AvgIpc) is 2.65. The van der Waals surface area contributed by atoms with Crippen LogP contribution < -0.4 is 9.64 Å². The Labute approximate surface area is 178 Å². The van der Waals surface area contributed by atoms with Crippen LogP contribution in [0.3, 0.4) is 0 Å². The van der Waals surface area contributed by atoms with Crippen molar-refractivity contribution in [1.82, 2.24) is 4.90 Å². The molecule has 0 saturated carbocycles. The zero-order valence-electron chi connectivity index (χ0n) is 17.1. The first-order chi connectivity index (χ1) is 13.0. The highest BCUT2D eigenvalue weighted by Gasteiger charge is 2.18. The number of aliphatic hydroxyl groups excluding tert-OH is 1. The predicted octanol–water partition coefficient (Wildman–Crippen LogP) is 2.99.